The van der Waals surface area contributed by atoms with Gasteiger partial charge in [-0.15, -0.1) is 6.42 Å². The van der Waals surface area contributed by atoms with Crippen molar-refractivity contribution >= 4 is 24.6 Å². The minimum atomic E-state index is -3.87. The van der Waals surface area contributed by atoms with Crippen LogP contribution < -0.4 is 5.73 Å². The first kappa shape index (κ1) is 21.6. The topological polar surface area (TPSA) is 144 Å². The first-order valence-corrected chi connectivity index (χ1v) is 11.0. The van der Waals surface area contributed by atoms with E-state index in [2.05, 4.69) is 20.9 Å². The van der Waals surface area contributed by atoms with Gasteiger partial charge in [0, 0.05) is 6.66 Å². The van der Waals surface area contributed by atoms with Crippen molar-refractivity contribution in [2.24, 2.45) is 0 Å². The van der Waals surface area contributed by atoms with E-state index in [-0.39, 0.29) is 25.1 Å². The Kier molecular flexibility index (Phi) is 6.53. The summed E-state index contributed by atoms with van der Waals surface area (Å²) in [6, 6.07) is 0. The van der Waals surface area contributed by atoms with Gasteiger partial charge in [0.1, 0.15) is 36.8 Å². The van der Waals surface area contributed by atoms with Gasteiger partial charge in [-0.05, 0) is 13.8 Å². The summed E-state index contributed by atoms with van der Waals surface area (Å²) >= 11 is 0. The molecule has 0 aromatic carbocycles. The van der Waals surface area contributed by atoms with Crippen LogP contribution in [-0.4, -0.2) is 68.7 Å². The molecule has 2 aromatic rings. The molecule has 1 saturated heterocycles. The standard InChI is InChI=1S/C17H24N5O6P/c1-5-6-25-14-13(28-29(4,23)24)11(7-26-10(2)3)27-17(14)22-9-21-12-15(18)19-8-20-16(12)22/h1,8-11,13-14,17H,6-7H2,2-4H3,(H,23,24)(H2,18,19,20). The van der Waals surface area contributed by atoms with Gasteiger partial charge in [-0.25, -0.2) is 15.0 Å². The highest BCUT2D eigenvalue weighted by Crippen LogP contribution is 2.45. The van der Waals surface area contributed by atoms with E-state index < -0.39 is 32.1 Å². The minimum Gasteiger partial charge on any atom is -0.382 e. The Morgan fingerprint density at radius 3 is 2.83 bits per heavy atom. The van der Waals surface area contributed by atoms with Crippen molar-refractivity contribution in [3.8, 4) is 12.3 Å². The molecule has 1 fully saturated rings. The highest BCUT2D eigenvalue weighted by atomic mass is 31.2. The molecular formula is C17H24N5O6P. The zero-order valence-electron chi connectivity index (χ0n) is 16.3. The smallest absolute Gasteiger partial charge is 0.325 e. The highest BCUT2D eigenvalue weighted by Gasteiger charge is 2.49. The number of hydrogen-bond acceptors (Lipinski definition) is 9. The predicted octanol–water partition coefficient (Wildman–Crippen LogP) is 0.950. The molecule has 5 unspecified atom stereocenters. The number of ether oxygens (including phenoxy) is 3. The van der Waals surface area contributed by atoms with Gasteiger partial charge in [-0.2, -0.15) is 0 Å². The average Bonchev–Trinajstić information content (AvgIpc) is 3.19. The molecule has 0 aliphatic carbocycles. The molecule has 0 saturated carbocycles. The largest absolute Gasteiger partial charge is 0.382 e. The van der Waals surface area contributed by atoms with Crippen molar-refractivity contribution in [3.63, 3.8) is 0 Å². The second-order valence-electron chi connectivity index (χ2n) is 6.88. The zero-order valence-corrected chi connectivity index (χ0v) is 17.2. The van der Waals surface area contributed by atoms with Crippen LogP contribution in [0.2, 0.25) is 0 Å². The maximum absolute atomic E-state index is 12.0. The highest BCUT2D eigenvalue weighted by molar-refractivity contribution is 7.51. The molecule has 12 heteroatoms. The van der Waals surface area contributed by atoms with Gasteiger partial charge in [0.2, 0.25) is 0 Å². The molecule has 1 aliphatic rings. The van der Waals surface area contributed by atoms with Crippen LogP contribution in [0.15, 0.2) is 12.7 Å². The van der Waals surface area contributed by atoms with Crippen LogP contribution in [0.25, 0.3) is 11.2 Å². The summed E-state index contributed by atoms with van der Waals surface area (Å²) in [4.78, 5) is 22.2. The molecule has 0 spiro atoms. The summed E-state index contributed by atoms with van der Waals surface area (Å²) in [7, 11) is -3.87. The molecule has 0 amide bonds. The minimum absolute atomic E-state index is 0.0503. The first-order valence-electron chi connectivity index (χ1n) is 8.95. The Morgan fingerprint density at radius 1 is 1.41 bits per heavy atom. The number of nitrogens with zero attached hydrogens (tertiary/aromatic N) is 4. The molecular weight excluding hydrogens is 401 g/mol. The van der Waals surface area contributed by atoms with Crippen molar-refractivity contribution in [2.45, 2.75) is 44.5 Å². The third-order valence-electron chi connectivity index (χ3n) is 4.22. The molecule has 0 bridgehead atoms. The van der Waals surface area contributed by atoms with Gasteiger partial charge in [0.15, 0.2) is 17.7 Å². The maximum Gasteiger partial charge on any atom is 0.325 e. The van der Waals surface area contributed by atoms with Gasteiger partial charge >= 0.3 is 7.60 Å². The lowest BCUT2D eigenvalue weighted by atomic mass is 10.1. The fraction of sp³-hybridized carbons (Fsp3) is 0.588. The fourth-order valence-electron chi connectivity index (χ4n) is 3.08. The first-order chi connectivity index (χ1) is 13.7. The van der Waals surface area contributed by atoms with E-state index in [1.807, 2.05) is 13.8 Å². The molecule has 2 aromatic heterocycles. The van der Waals surface area contributed by atoms with Crippen LogP contribution in [0.1, 0.15) is 20.1 Å². The van der Waals surface area contributed by atoms with E-state index in [1.165, 1.54) is 12.7 Å². The second-order valence-corrected chi connectivity index (χ2v) is 8.70. The number of fused-ring (bicyclic) bond motifs is 1. The quantitative estimate of drug-likeness (QED) is 0.463. The van der Waals surface area contributed by atoms with E-state index in [0.717, 1.165) is 6.66 Å². The van der Waals surface area contributed by atoms with Crippen molar-refractivity contribution in [1.82, 2.24) is 19.5 Å². The molecule has 158 valence electrons. The summed E-state index contributed by atoms with van der Waals surface area (Å²) < 4.78 is 36.6. The Balaban J connectivity index is 2.00. The van der Waals surface area contributed by atoms with Gasteiger partial charge in [0.05, 0.1) is 19.0 Å². The van der Waals surface area contributed by atoms with Crippen LogP contribution in [0, 0.1) is 12.3 Å². The number of imidazole rings is 1. The summed E-state index contributed by atoms with van der Waals surface area (Å²) in [6.45, 7) is 4.91. The average molecular weight is 425 g/mol. The molecule has 1 aliphatic heterocycles. The van der Waals surface area contributed by atoms with Gasteiger partial charge < -0.3 is 24.8 Å². The van der Waals surface area contributed by atoms with Gasteiger partial charge in [-0.1, -0.05) is 5.92 Å². The third-order valence-corrected chi connectivity index (χ3v) is 4.85. The summed E-state index contributed by atoms with van der Waals surface area (Å²) in [5.74, 6) is 2.60. The maximum atomic E-state index is 12.0. The summed E-state index contributed by atoms with van der Waals surface area (Å²) in [5.41, 5.74) is 6.68. The molecule has 3 rings (SSSR count). The van der Waals surface area contributed by atoms with Crippen molar-refractivity contribution in [3.05, 3.63) is 12.7 Å². The van der Waals surface area contributed by atoms with E-state index >= 15 is 0 Å². The summed E-state index contributed by atoms with van der Waals surface area (Å²) in [6.07, 6.45) is 4.85. The van der Waals surface area contributed by atoms with Crippen LogP contribution in [-0.2, 0) is 23.3 Å². The molecule has 5 atom stereocenters. The van der Waals surface area contributed by atoms with E-state index in [4.69, 9.17) is 30.9 Å². The number of hydrogen-bond donors (Lipinski definition) is 2. The number of rotatable bonds is 8. The second kappa shape index (κ2) is 8.75. The molecule has 3 N–H and O–H groups in total. The summed E-state index contributed by atoms with van der Waals surface area (Å²) in [5, 5.41) is 0. The number of aromatic nitrogens is 4. The van der Waals surface area contributed by atoms with Crippen molar-refractivity contribution in [1.29, 1.82) is 0 Å². The molecule has 0 radical (unpaired) electrons. The van der Waals surface area contributed by atoms with Crippen LogP contribution in [0.4, 0.5) is 5.82 Å². The Bertz CT molecular complexity index is 938. The number of nitrogens with two attached hydrogens (primary N) is 1. The number of terminal acetylenes is 1. The lowest BCUT2D eigenvalue weighted by molar-refractivity contribution is -0.0785. The predicted molar refractivity (Wildman–Crippen MR) is 104 cm³/mol. The fourth-order valence-corrected chi connectivity index (χ4v) is 3.79. The normalized spacial score (nSPS) is 26.6. The van der Waals surface area contributed by atoms with Crippen molar-refractivity contribution < 1.29 is 28.2 Å². The molecule has 3 heterocycles. The molecule has 29 heavy (non-hydrogen) atoms. The van der Waals surface area contributed by atoms with Gasteiger partial charge in [-0.3, -0.25) is 13.7 Å². The number of anilines is 1. The molecule has 11 nitrogen and oxygen atoms in total. The Labute approximate surface area is 168 Å². The van der Waals surface area contributed by atoms with E-state index in [9.17, 15) is 9.46 Å². The van der Waals surface area contributed by atoms with Crippen LogP contribution >= 0.6 is 7.60 Å². The van der Waals surface area contributed by atoms with Crippen LogP contribution in [0.5, 0.6) is 0 Å². The SMILES string of the molecule is C#CCOC1C(OP(C)(=O)O)C(COC(C)C)OC1n1cnc2c(N)ncnc21. The van der Waals surface area contributed by atoms with E-state index in [1.54, 1.807) is 4.57 Å². The Morgan fingerprint density at radius 2 is 2.17 bits per heavy atom. The van der Waals surface area contributed by atoms with Crippen molar-refractivity contribution in [2.75, 3.05) is 25.6 Å². The lowest BCUT2D eigenvalue weighted by Crippen LogP contribution is -2.38. The Hall–Kier alpha value is -2.06. The van der Waals surface area contributed by atoms with Crippen LogP contribution in [0.3, 0.4) is 0 Å². The lowest BCUT2D eigenvalue weighted by Gasteiger charge is -2.25. The number of nitrogen functional groups attached to an aromatic ring is 1. The van der Waals surface area contributed by atoms with Gasteiger partial charge in [0.25, 0.3) is 0 Å². The van der Waals surface area contributed by atoms with E-state index in [0.29, 0.717) is 11.2 Å². The zero-order chi connectivity index (χ0) is 21.2. The monoisotopic (exact) mass is 425 g/mol. The third kappa shape index (κ3) is 4.93.